The summed E-state index contributed by atoms with van der Waals surface area (Å²) >= 11 is 1.82. The summed E-state index contributed by atoms with van der Waals surface area (Å²) in [7, 11) is 0. The van der Waals surface area contributed by atoms with Crippen LogP contribution in [0.4, 0.5) is 0 Å². The van der Waals surface area contributed by atoms with Gasteiger partial charge in [-0.05, 0) is 42.5 Å². The fraction of sp³-hybridized carbons (Fsp3) is 0.409. The Morgan fingerprint density at radius 3 is 2.54 bits per heavy atom. The van der Waals surface area contributed by atoms with Crippen molar-refractivity contribution in [2.75, 3.05) is 12.3 Å². The molecule has 1 amide bonds. The van der Waals surface area contributed by atoms with Crippen molar-refractivity contribution in [2.24, 2.45) is 0 Å². The summed E-state index contributed by atoms with van der Waals surface area (Å²) < 4.78 is 5.96. The average Bonchev–Trinajstić information content (AvgIpc) is 2.62. The number of nitrogens with one attached hydrogen (secondary N) is 1. The second-order valence-electron chi connectivity index (χ2n) is 6.79. The van der Waals surface area contributed by atoms with Gasteiger partial charge in [-0.1, -0.05) is 56.3 Å². The molecule has 0 fully saturated rings. The highest BCUT2D eigenvalue weighted by Crippen LogP contribution is 2.28. The maximum atomic E-state index is 12.3. The van der Waals surface area contributed by atoms with Crippen LogP contribution in [-0.4, -0.2) is 24.3 Å². The van der Waals surface area contributed by atoms with Crippen LogP contribution in [0.3, 0.4) is 0 Å². The molecule has 140 valence electrons. The highest BCUT2D eigenvalue weighted by atomic mass is 32.2. The second-order valence-corrected chi connectivity index (χ2v) is 7.89. The first-order chi connectivity index (χ1) is 12.5. The molecular weight excluding hydrogens is 342 g/mol. The van der Waals surface area contributed by atoms with Crippen molar-refractivity contribution in [3.63, 3.8) is 0 Å². The molecule has 2 rings (SSSR count). The minimum absolute atomic E-state index is 0.0680. The molecule has 1 N–H and O–H groups in total. The highest BCUT2D eigenvalue weighted by molar-refractivity contribution is 7.98. The standard InChI is InChI=1S/C22H29NO2S/c1-16(2)20-11-10-17(3)14-21(20)25-18(4)22(24)23-12-13-26-15-19-8-6-5-7-9-19/h5-11,14,16,18H,12-13,15H2,1-4H3,(H,23,24)/t18-/m0/s1. The monoisotopic (exact) mass is 371 g/mol. The number of hydrogen-bond acceptors (Lipinski definition) is 3. The summed E-state index contributed by atoms with van der Waals surface area (Å²) in [4.78, 5) is 12.3. The van der Waals surface area contributed by atoms with Gasteiger partial charge in [0.25, 0.3) is 5.91 Å². The number of aryl methyl sites for hydroxylation is 1. The van der Waals surface area contributed by atoms with Crippen LogP contribution < -0.4 is 10.1 Å². The van der Waals surface area contributed by atoms with Crippen LogP contribution in [0.1, 0.15) is 43.4 Å². The van der Waals surface area contributed by atoms with E-state index in [2.05, 4.69) is 43.4 Å². The van der Waals surface area contributed by atoms with Gasteiger partial charge >= 0.3 is 0 Å². The Bertz CT molecular complexity index is 701. The van der Waals surface area contributed by atoms with Gasteiger partial charge in [-0.2, -0.15) is 11.8 Å². The number of thioether (sulfide) groups is 1. The Morgan fingerprint density at radius 2 is 1.85 bits per heavy atom. The Hall–Kier alpha value is -1.94. The molecule has 0 unspecified atom stereocenters. The average molecular weight is 372 g/mol. The Balaban J connectivity index is 1.76. The smallest absolute Gasteiger partial charge is 0.260 e. The molecule has 0 aliphatic rings. The van der Waals surface area contributed by atoms with E-state index in [4.69, 9.17) is 4.74 Å². The molecule has 0 saturated heterocycles. The van der Waals surface area contributed by atoms with Crippen molar-refractivity contribution in [1.82, 2.24) is 5.32 Å². The maximum absolute atomic E-state index is 12.3. The van der Waals surface area contributed by atoms with Gasteiger partial charge in [0.2, 0.25) is 0 Å². The Morgan fingerprint density at radius 1 is 1.12 bits per heavy atom. The van der Waals surface area contributed by atoms with Gasteiger partial charge in [-0.3, -0.25) is 4.79 Å². The first-order valence-electron chi connectivity index (χ1n) is 9.14. The van der Waals surface area contributed by atoms with E-state index in [1.807, 2.05) is 43.0 Å². The molecule has 3 nitrogen and oxygen atoms in total. The topological polar surface area (TPSA) is 38.3 Å². The van der Waals surface area contributed by atoms with Crippen LogP contribution in [0, 0.1) is 6.92 Å². The largest absolute Gasteiger partial charge is 0.481 e. The second kappa shape index (κ2) is 10.3. The third-order valence-corrected chi connectivity index (χ3v) is 5.15. The number of amides is 1. The predicted octanol–water partition coefficient (Wildman–Crippen LogP) is 4.94. The fourth-order valence-corrected chi connectivity index (χ4v) is 3.44. The van der Waals surface area contributed by atoms with Crippen molar-refractivity contribution in [2.45, 2.75) is 45.5 Å². The Kier molecular flexibility index (Phi) is 8.05. The van der Waals surface area contributed by atoms with E-state index < -0.39 is 6.10 Å². The third kappa shape index (κ3) is 6.41. The minimum Gasteiger partial charge on any atom is -0.481 e. The SMILES string of the molecule is Cc1ccc(C(C)C)c(O[C@@H](C)C(=O)NCCSCc2ccccc2)c1. The first-order valence-corrected chi connectivity index (χ1v) is 10.3. The zero-order valence-corrected chi connectivity index (χ0v) is 16.9. The third-order valence-electron chi connectivity index (χ3n) is 4.12. The zero-order chi connectivity index (χ0) is 18.9. The molecule has 1 atom stereocenters. The van der Waals surface area contributed by atoms with E-state index in [0.29, 0.717) is 12.5 Å². The van der Waals surface area contributed by atoms with Gasteiger partial charge in [-0.25, -0.2) is 0 Å². The van der Waals surface area contributed by atoms with E-state index in [-0.39, 0.29) is 5.91 Å². The van der Waals surface area contributed by atoms with Crippen molar-refractivity contribution in [3.05, 3.63) is 65.2 Å². The van der Waals surface area contributed by atoms with Gasteiger partial charge in [0.15, 0.2) is 6.10 Å². The highest BCUT2D eigenvalue weighted by Gasteiger charge is 2.17. The number of hydrogen-bond donors (Lipinski definition) is 1. The lowest BCUT2D eigenvalue weighted by Gasteiger charge is -2.19. The number of benzene rings is 2. The summed E-state index contributed by atoms with van der Waals surface area (Å²) in [5, 5.41) is 2.97. The maximum Gasteiger partial charge on any atom is 0.260 e. The molecule has 2 aromatic rings. The Labute approximate surface area is 161 Å². The van der Waals surface area contributed by atoms with Crippen LogP contribution in [0.25, 0.3) is 0 Å². The van der Waals surface area contributed by atoms with Gasteiger partial charge < -0.3 is 10.1 Å². The quantitative estimate of drug-likeness (QED) is 0.635. The molecule has 26 heavy (non-hydrogen) atoms. The normalized spacial score (nSPS) is 12.0. The molecule has 0 aromatic heterocycles. The van der Waals surface area contributed by atoms with Crippen LogP contribution in [0.2, 0.25) is 0 Å². The molecule has 0 saturated carbocycles. The van der Waals surface area contributed by atoms with E-state index in [1.54, 1.807) is 6.92 Å². The summed E-state index contributed by atoms with van der Waals surface area (Å²) in [5.41, 5.74) is 3.57. The minimum atomic E-state index is -0.506. The predicted molar refractivity (Wildman–Crippen MR) is 111 cm³/mol. The summed E-state index contributed by atoms with van der Waals surface area (Å²) in [6.07, 6.45) is -0.506. The summed E-state index contributed by atoms with van der Waals surface area (Å²) in [6.45, 7) is 8.75. The lowest BCUT2D eigenvalue weighted by molar-refractivity contribution is -0.127. The lowest BCUT2D eigenvalue weighted by atomic mass is 10.0. The summed E-state index contributed by atoms with van der Waals surface area (Å²) in [6, 6.07) is 16.5. The van der Waals surface area contributed by atoms with Crippen LogP contribution in [0.15, 0.2) is 48.5 Å². The molecule has 0 aliphatic carbocycles. The zero-order valence-electron chi connectivity index (χ0n) is 16.1. The van der Waals surface area contributed by atoms with Gasteiger partial charge in [0, 0.05) is 18.1 Å². The van der Waals surface area contributed by atoms with E-state index in [0.717, 1.165) is 28.4 Å². The summed E-state index contributed by atoms with van der Waals surface area (Å²) in [5.74, 6) is 2.94. The molecule has 4 heteroatoms. The van der Waals surface area contributed by atoms with Gasteiger partial charge in [0.1, 0.15) is 5.75 Å². The van der Waals surface area contributed by atoms with E-state index >= 15 is 0 Å². The van der Waals surface area contributed by atoms with Crippen LogP contribution in [0.5, 0.6) is 5.75 Å². The molecule has 0 spiro atoms. The molecule has 0 bridgehead atoms. The lowest BCUT2D eigenvalue weighted by Crippen LogP contribution is -2.37. The molecule has 0 radical (unpaired) electrons. The van der Waals surface area contributed by atoms with Crippen molar-refractivity contribution in [1.29, 1.82) is 0 Å². The fourth-order valence-electron chi connectivity index (χ4n) is 2.62. The van der Waals surface area contributed by atoms with Crippen molar-refractivity contribution in [3.8, 4) is 5.75 Å². The van der Waals surface area contributed by atoms with Crippen LogP contribution in [-0.2, 0) is 10.5 Å². The number of rotatable bonds is 9. The number of carbonyl (C=O) groups is 1. The molecule has 2 aromatic carbocycles. The first kappa shape index (κ1) is 20.4. The number of ether oxygens (including phenoxy) is 1. The van der Waals surface area contributed by atoms with Crippen molar-refractivity contribution >= 4 is 17.7 Å². The van der Waals surface area contributed by atoms with Gasteiger partial charge in [-0.15, -0.1) is 0 Å². The van der Waals surface area contributed by atoms with E-state index in [9.17, 15) is 4.79 Å². The number of carbonyl (C=O) groups excluding carboxylic acids is 1. The van der Waals surface area contributed by atoms with Crippen LogP contribution >= 0.6 is 11.8 Å². The molecule has 0 aliphatic heterocycles. The van der Waals surface area contributed by atoms with Gasteiger partial charge in [0.05, 0.1) is 0 Å². The molecular formula is C22H29NO2S. The van der Waals surface area contributed by atoms with E-state index in [1.165, 1.54) is 5.56 Å². The molecule has 0 heterocycles. The van der Waals surface area contributed by atoms with Crippen molar-refractivity contribution < 1.29 is 9.53 Å².